The molecule has 0 spiro atoms. The number of para-hydroxylation sites is 1. The fraction of sp³-hybridized carbons (Fsp3) is 0.227. The summed E-state index contributed by atoms with van der Waals surface area (Å²) in [6.45, 7) is 4.18. The lowest BCUT2D eigenvalue weighted by Gasteiger charge is -2.12. The van der Waals surface area contributed by atoms with Crippen LogP contribution in [0.25, 0.3) is 5.69 Å². The number of aryl methyl sites for hydroxylation is 1. The molecule has 0 radical (unpaired) electrons. The van der Waals surface area contributed by atoms with Crippen LogP contribution in [0.2, 0.25) is 0 Å². The van der Waals surface area contributed by atoms with Crippen molar-refractivity contribution in [2.75, 3.05) is 11.9 Å². The third kappa shape index (κ3) is 4.63. The monoisotopic (exact) mass is 393 g/mol. The molecule has 7 heteroatoms. The summed E-state index contributed by atoms with van der Waals surface area (Å²) in [5.74, 6) is 0.313. The van der Waals surface area contributed by atoms with Crippen LogP contribution in [-0.2, 0) is 17.8 Å². The number of ether oxygens (including phenoxy) is 1. The Balaban J connectivity index is 1.79. The van der Waals surface area contributed by atoms with Crippen LogP contribution in [0, 0.1) is 0 Å². The number of amides is 1. The number of nitrogens with zero attached hydrogens (tertiary/aromatic N) is 2. The highest BCUT2D eigenvalue weighted by Gasteiger charge is 2.11. The maximum Gasteiger partial charge on any atom is 0.320 e. The molecule has 0 saturated heterocycles. The zero-order chi connectivity index (χ0) is 20.8. The van der Waals surface area contributed by atoms with E-state index in [1.165, 1.54) is 17.0 Å². The van der Waals surface area contributed by atoms with Gasteiger partial charge in [0.1, 0.15) is 12.3 Å². The van der Waals surface area contributed by atoms with Gasteiger partial charge in [-0.3, -0.25) is 23.5 Å². The van der Waals surface area contributed by atoms with E-state index in [9.17, 15) is 14.4 Å². The molecule has 0 atom stereocenters. The highest BCUT2D eigenvalue weighted by Crippen LogP contribution is 2.15. The number of hydrogen-bond donors (Lipinski definition) is 1. The number of carbonyl (C=O) groups excluding carboxylic acids is 1. The van der Waals surface area contributed by atoms with Crippen molar-refractivity contribution in [3.63, 3.8) is 0 Å². The first kappa shape index (κ1) is 20.1. The van der Waals surface area contributed by atoms with Gasteiger partial charge < -0.3 is 10.1 Å². The third-order valence-electron chi connectivity index (χ3n) is 4.47. The van der Waals surface area contributed by atoms with Gasteiger partial charge in [-0.05, 0) is 49.2 Å². The molecule has 0 aliphatic carbocycles. The second kappa shape index (κ2) is 9.05. The molecular formula is C22H23N3O4. The SMILES string of the molecule is CCOc1ccc(-n2ccn(CC(=O)Nc3ccccc3CC)c(=O)c2=O)cc1. The quantitative estimate of drug-likeness (QED) is 0.626. The maximum atomic E-state index is 12.5. The topological polar surface area (TPSA) is 82.3 Å². The number of hydrogen-bond acceptors (Lipinski definition) is 4. The summed E-state index contributed by atoms with van der Waals surface area (Å²) < 4.78 is 7.74. The third-order valence-corrected chi connectivity index (χ3v) is 4.47. The van der Waals surface area contributed by atoms with Gasteiger partial charge in [0.15, 0.2) is 0 Å². The highest BCUT2D eigenvalue weighted by atomic mass is 16.5. The van der Waals surface area contributed by atoms with Crippen LogP contribution in [0.5, 0.6) is 5.75 Å². The van der Waals surface area contributed by atoms with Gasteiger partial charge in [-0.15, -0.1) is 0 Å². The number of rotatable bonds is 7. The number of anilines is 1. The van der Waals surface area contributed by atoms with Gasteiger partial charge in [0.25, 0.3) is 0 Å². The second-order valence-electron chi connectivity index (χ2n) is 6.39. The van der Waals surface area contributed by atoms with Crippen molar-refractivity contribution in [3.8, 4) is 11.4 Å². The van der Waals surface area contributed by atoms with Gasteiger partial charge in [-0.25, -0.2) is 0 Å². The molecule has 150 valence electrons. The number of aromatic nitrogens is 2. The minimum atomic E-state index is -0.764. The summed E-state index contributed by atoms with van der Waals surface area (Å²) in [4.78, 5) is 37.3. The minimum Gasteiger partial charge on any atom is -0.494 e. The smallest absolute Gasteiger partial charge is 0.320 e. The van der Waals surface area contributed by atoms with Crippen molar-refractivity contribution >= 4 is 11.6 Å². The van der Waals surface area contributed by atoms with Gasteiger partial charge >= 0.3 is 11.1 Å². The van der Waals surface area contributed by atoms with E-state index in [4.69, 9.17) is 4.74 Å². The van der Waals surface area contributed by atoms with E-state index in [1.807, 2.05) is 38.1 Å². The van der Waals surface area contributed by atoms with Gasteiger partial charge in [0.2, 0.25) is 5.91 Å². The van der Waals surface area contributed by atoms with Gasteiger partial charge in [-0.1, -0.05) is 25.1 Å². The van der Waals surface area contributed by atoms with Crippen molar-refractivity contribution in [2.45, 2.75) is 26.8 Å². The Morgan fingerprint density at radius 2 is 1.69 bits per heavy atom. The zero-order valence-electron chi connectivity index (χ0n) is 16.4. The summed E-state index contributed by atoms with van der Waals surface area (Å²) in [6.07, 6.45) is 3.69. The first-order chi connectivity index (χ1) is 14.0. The van der Waals surface area contributed by atoms with E-state index in [-0.39, 0.29) is 12.5 Å². The van der Waals surface area contributed by atoms with E-state index in [0.29, 0.717) is 23.7 Å². The summed E-state index contributed by atoms with van der Waals surface area (Å²) in [6, 6.07) is 14.3. The van der Waals surface area contributed by atoms with Crippen molar-refractivity contribution in [1.29, 1.82) is 0 Å². The van der Waals surface area contributed by atoms with Crippen molar-refractivity contribution in [2.24, 2.45) is 0 Å². The van der Waals surface area contributed by atoms with Crippen LogP contribution in [-0.4, -0.2) is 21.6 Å². The average molecular weight is 393 g/mol. The Morgan fingerprint density at radius 1 is 0.966 bits per heavy atom. The van der Waals surface area contributed by atoms with E-state index in [0.717, 1.165) is 16.6 Å². The molecule has 0 aliphatic heterocycles. The fourth-order valence-corrected chi connectivity index (χ4v) is 3.00. The van der Waals surface area contributed by atoms with E-state index < -0.39 is 11.1 Å². The molecule has 0 fully saturated rings. The molecule has 3 aromatic rings. The molecule has 0 bridgehead atoms. The highest BCUT2D eigenvalue weighted by molar-refractivity contribution is 5.91. The molecule has 1 amide bonds. The lowest BCUT2D eigenvalue weighted by atomic mass is 10.1. The molecule has 29 heavy (non-hydrogen) atoms. The van der Waals surface area contributed by atoms with Crippen molar-refractivity contribution < 1.29 is 9.53 Å². The molecule has 1 N–H and O–H groups in total. The zero-order valence-corrected chi connectivity index (χ0v) is 16.4. The molecule has 0 unspecified atom stereocenters. The predicted octanol–water partition coefficient (Wildman–Crippen LogP) is 2.60. The molecule has 3 rings (SSSR count). The molecule has 0 saturated carbocycles. The number of carbonyl (C=O) groups is 1. The lowest BCUT2D eigenvalue weighted by molar-refractivity contribution is -0.116. The van der Waals surface area contributed by atoms with Gasteiger partial charge in [-0.2, -0.15) is 0 Å². The van der Waals surface area contributed by atoms with Crippen molar-refractivity contribution in [1.82, 2.24) is 9.13 Å². The Hall–Kier alpha value is -3.61. The Labute approximate surface area is 168 Å². The van der Waals surface area contributed by atoms with Crippen LogP contribution < -0.4 is 21.2 Å². The Kier molecular flexibility index (Phi) is 6.29. The summed E-state index contributed by atoms with van der Waals surface area (Å²) in [5.41, 5.74) is 0.762. The molecule has 7 nitrogen and oxygen atoms in total. The van der Waals surface area contributed by atoms with Crippen LogP contribution >= 0.6 is 0 Å². The fourth-order valence-electron chi connectivity index (χ4n) is 3.00. The molecule has 0 aliphatic rings. The minimum absolute atomic E-state index is 0.240. The average Bonchev–Trinajstić information content (AvgIpc) is 2.73. The van der Waals surface area contributed by atoms with Crippen LogP contribution in [0.4, 0.5) is 5.69 Å². The normalized spacial score (nSPS) is 10.6. The van der Waals surface area contributed by atoms with Gasteiger partial charge in [0.05, 0.1) is 6.61 Å². The summed E-state index contributed by atoms with van der Waals surface area (Å²) >= 11 is 0. The number of nitrogens with one attached hydrogen (secondary N) is 1. The molecular weight excluding hydrogens is 370 g/mol. The van der Waals surface area contributed by atoms with Crippen LogP contribution in [0.3, 0.4) is 0 Å². The molecule has 1 aromatic heterocycles. The standard InChI is InChI=1S/C22H23N3O4/c1-3-16-7-5-6-8-19(16)23-20(26)15-24-13-14-25(22(28)21(24)27)17-9-11-18(12-10-17)29-4-2/h5-14H,3-4,15H2,1-2H3,(H,23,26). The summed E-state index contributed by atoms with van der Waals surface area (Å²) in [7, 11) is 0. The maximum absolute atomic E-state index is 12.5. The summed E-state index contributed by atoms with van der Waals surface area (Å²) in [5, 5.41) is 2.80. The predicted molar refractivity (Wildman–Crippen MR) is 112 cm³/mol. The van der Waals surface area contributed by atoms with E-state index >= 15 is 0 Å². The molecule has 1 heterocycles. The van der Waals surface area contributed by atoms with E-state index in [2.05, 4.69) is 5.32 Å². The van der Waals surface area contributed by atoms with E-state index in [1.54, 1.807) is 24.3 Å². The van der Waals surface area contributed by atoms with Crippen LogP contribution in [0.15, 0.2) is 70.5 Å². The molecule has 2 aromatic carbocycles. The number of benzene rings is 2. The van der Waals surface area contributed by atoms with Crippen LogP contribution in [0.1, 0.15) is 19.4 Å². The largest absolute Gasteiger partial charge is 0.494 e. The Bertz CT molecular complexity index is 1110. The van der Waals surface area contributed by atoms with Gasteiger partial charge in [0, 0.05) is 23.8 Å². The lowest BCUT2D eigenvalue weighted by Crippen LogP contribution is -2.41. The first-order valence-corrected chi connectivity index (χ1v) is 9.46. The first-order valence-electron chi connectivity index (χ1n) is 9.46. The van der Waals surface area contributed by atoms with Crippen molar-refractivity contribution in [3.05, 3.63) is 87.2 Å². The Morgan fingerprint density at radius 3 is 2.38 bits per heavy atom. The second-order valence-corrected chi connectivity index (χ2v) is 6.39.